The lowest BCUT2D eigenvalue weighted by Crippen LogP contribution is -2.00. The molecule has 0 atom stereocenters. The molecule has 3 nitrogen and oxygen atoms in total. The van der Waals surface area contributed by atoms with Gasteiger partial charge in [0, 0.05) is 39.0 Å². The second-order valence-electron chi connectivity index (χ2n) is 9.30. The second-order valence-corrected chi connectivity index (χ2v) is 9.30. The van der Waals surface area contributed by atoms with Gasteiger partial charge < -0.3 is 4.57 Å². The van der Waals surface area contributed by atoms with E-state index >= 15 is 0 Å². The van der Waals surface area contributed by atoms with E-state index in [2.05, 4.69) is 108 Å². The fourth-order valence-corrected chi connectivity index (χ4v) is 5.40. The summed E-state index contributed by atoms with van der Waals surface area (Å²) in [6.45, 7) is 12.3. The molecular weight excluding hydrogens is 462 g/mol. The summed E-state index contributed by atoms with van der Waals surface area (Å²) in [5, 5.41) is 5.82. The van der Waals surface area contributed by atoms with E-state index in [-0.39, 0.29) is 0 Å². The largest absolute Gasteiger partial charge is 0.317 e. The maximum absolute atomic E-state index is 5.08. The first-order chi connectivity index (χ1) is 18.7. The van der Waals surface area contributed by atoms with Gasteiger partial charge >= 0.3 is 0 Å². The van der Waals surface area contributed by atoms with Crippen molar-refractivity contribution in [3.05, 3.63) is 128 Å². The van der Waals surface area contributed by atoms with Crippen LogP contribution in [0.4, 0.5) is 0 Å². The zero-order chi connectivity index (χ0) is 26.2. The van der Waals surface area contributed by atoms with E-state index in [0.717, 1.165) is 44.7 Å². The normalized spacial score (nSPS) is 12.6. The van der Waals surface area contributed by atoms with Crippen molar-refractivity contribution in [2.75, 3.05) is 0 Å². The molecule has 0 aliphatic rings. The maximum atomic E-state index is 5.08. The summed E-state index contributed by atoms with van der Waals surface area (Å²) in [5.74, 6) is 0.882. The van der Waals surface area contributed by atoms with Gasteiger partial charge in [-0.25, -0.2) is 4.98 Å². The number of benzene rings is 3. The van der Waals surface area contributed by atoms with Gasteiger partial charge in [-0.05, 0) is 73.9 Å². The van der Waals surface area contributed by atoms with Crippen LogP contribution in [0.5, 0.6) is 0 Å². The summed E-state index contributed by atoms with van der Waals surface area (Å²) in [6.07, 6.45) is 16.3. The molecule has 0 spiro atoms. The number of hydrogen-bond donors (Lipinski definition) is 0. The van der Waals surface area contributed by atoms with E-state index < -0.39 is 0 Å². The summed E-state index contributed by atoms with van der Waals surface area (Å²) in [7, 11) is 0. The Kier molecular flexibility index (Phi) is 5.89. The molecule has 3 heteroatoms. The van der Waals surface area contributed by atoms with Gasteiger partial charge in [-0.15, -0.1) is 0 Å². The third-order valence-electron chi connectivity index (χ3n) is 7.12. The number of nitrogens with zero attached hydrogens (tertiary/aromatic N) is 3. The SMILES string of the molecule is C=C/C(=C\C=C/C)n1ccc2cc3c(ccc4c(/C=C\C)c(C=C)n(-c5ccc6ccccc6n5)c43)cc21. The van der Waals surface area contributed by atoms with E-state index in [9.17, 15) is 0 Å². The van der Waals surface area contributed by atoms with Gasteiger partial charge in [-0.1, -0.05) is 67.8 Å². The lowest BCUT2D eigenvalue weighted by Gasteiger charge is -2.12. The van der Waals surface area contributed by atoms with Crippen LogP contribution in [0.15, 0.2) is 116 Å². The third kappa shape index (κ3) is 3.63. The molecule has 0 amide bonds. The number of rotatable bonds is 6. The van der Waals surface area contributed by atoms with Crippen molar-refractivity contribution in [1.29, 1.82) is 0 Å². The average molecular weight is 492 g/mol. The Morgan fingerprint density at radius 1 is 0.842 bits per heavy atom. The standard InChI is InChI=1S/C35H29N3/c1-5-9-14-27(7-3)37-21-20-26-22-30-25(23-33(26)37)16-18-29-28(12-6-2)32(8-4)38(35(29)30)34-19-17-24-13-10-11-15-31(24)36-34/h5-23H,3-4H2,1-2H3/b9-5-,12-6-,27-14+. The first kappa shape index (κ1) is 23.5. The van der Waals surface area contributed by atoms with Crippen molar-refractivity contribution in [1.82, 2.24) is 14.1 Å². The minimum absolute atomic E-state index is 0.882. The first-order valence-electron chi connectivity index (χ1n) is 12.9. The topological polar surface area (TPSA) is 22.8 Å². The number of aromatic nitrogens is 3. The number of allylic oxidation sites excluding steroid dienone is 6. The van der Waals surface area contributed by atoms with Gasteiger partial charge in [-0.3, -0.25) is 4.57 Å². The highest BCUT2D eigenvalue weighted by Gasteiger charge is 2.19. The summed E-state index contributed by atoms with van der Waals surface area (Å²) < 4.78 is 4.45. The third-order valence-corrected chi connectivity index (χ3v) is 7.12. The highest BCUT2D eigenvalue weighted by atomic mass is 15.1. The van der Waals surface area contributed by atoms with Gasteiger partial charge in [0.25, 0.3) is 0 Å². The van der Waals surface area contributed by atoms with Gasteiger partial charge in [0.1, 0.15) is 5.82 Å². The first-order valence-corrected chi connectivity index (χ1v) is 12.9. The number of para-hydroxylation sites is 1. The van der Waals surface area contributed by atoms with Gasteiger partial charge in [0.15, 0.2) is 0 Å². The van der Waals surface area contributed by atoms with Crippen molar-refractivity contribution in [3.63, 3.8) is 0 Å². The highest BCUT2D eigenvalue weighted by Crippen LogP contribution is 2.38. The summed E-state index contributed by atoms with van der Waals surface area (Å²) in [5.41, 5.74) is 6.47. The Hall–Kier alpha value is -4.89. The molecule has 184 valence electrons. The van der Waals surface area contributed by atoms with Crippen LogP contribution in [0, 0.1) is 0 Å². The van der Waals surface area contributed by atoms with E-state index in [1.165, 1.54) is 21.5 Å². The van der Waals surface area contributed by atoms with Crippen LogP contribution in [-0.4, -0.2) is 14.1 Å². The Labute approximate surface area is 222 Å². The van der Waals surface area contributed by atoms with Gasteiger partial charge in [0.2, 0.25) is 0 Å². The van der Waals surface area contributed by atoms with Crippen LogP contribution < -0.4 is 0 Å². The minimum Gasteiger partial charge on any atom is -0.317 e. The molecule has 0 aliphatic carbocycles. The van der Waals surface area contributed by atoms with Crippen LogP contribution >= 0.6 is 0 Å². The quantitative estimate of drug-likeness (QED) is 0.213. The van der Waals surface area contributed by atoms with Crippen molar-refractivity contribution in [3.8, 4) is 5.82 Å². The highest BCUT2D eigenvalue weighted by molar-refractivity contribution is 6.14. The van der Waals surface area contributed by atoms with Crippen molar-refractivity contribution >= 4 is 61.3 Å². The molecule has 6 aromatic rings. The molecule has 0 fully saturated rings. The van der Waals surface area contributed by atoms with E-state index in [4.69, 9.17) is 4.98 Å². The molecule has 0 saturated carbocycles. The van der Waals surface area contributed by atoms with Crippen molar-refractivity contribution in [2.45, 2.75) is 13.8 Å². The number of fused-ring (bicyclic) bond motifs is 5. The van der Waals surface area contributed by atoms with Crippen LogP contribution in [-0.2, 0) is 0 Å². The van der Waals surface area contributed by atoms with Gasteiger partial charge in [-0.2, -0.15) is 0 Å². The van der Waals surface area contributed by atoms with Crippen LogP contribution in [0.25, 0.3) is 67.1 Å². The fraction of sp³-hybridized carbons (Fsp3) is 0.0571. The molecule has 3 aromatic heterocycles. The molecule has 3 aromatic carbocycles. The monoisotopic (exact) mass is 491 g/mol. The van der Waals surface area contributed by atoms with Crippen molar-refractivity contribution in [2.24, 2.45) is 0 Å². The average Bonchev–Trinajstić information content (AvgIpc) is 3.51. The molecule has 0 aliphatic heterocycles. The maximum Gasteiger partial charge on any atom is 0.138 e. The number of hydrogen-bond acceptors (Lipinski definition) is 1. The Morgan fingerprint density at radius 2 is 1.68 bits per heavy atom. The predicted molar refractivity (Wildman–Crippen MR) is 166 cm³/mol. The van der Waals surface area contributed by atoms with E-state index in [1.54, 1.807) is 0 Å². The lowest BCUT2D eigenvalue weighted by atomic mass is 10.0. The molecule has 0 radical (unpaired) electrons. The van der Waals surface area contributed by atoms with Crippen LogP contribution in [0.2, 0.25) is 0 Å². The van der Waals surface area contributed by atoms with E-state index in [1.807, 2.05) is 43.4 Å². The summed E-state index contributed by atoms with van der Waals surface area (Å²) in [4.78, 5) is 5.08. The zero-order valence-electron chi connectivity index (χ0n) is 21.7. The molecule has 0 saturated heterocycles. The predicted octanol–water partition coefficient (Wildman–Crippen LogP) is 9.57. The second kappa shape index (κ2) is 9.53. The molecule has 0 bridgehead atoms. The van der Waals surface area contributed by atoms with E-state index in [0.29, 0.717) is 0 Å². The Morgan fingerprint density at radius 3 is 2.47 bits per heavy atom. The summed E-state index contributed by atoms with van der Waals surface area (Å²) >= 11 is 0. The minimum atomic E-state index is 0.882. The summed E-state index contributed by atoms with van der Waals surface area (Å²) in [6, 6.07) is 23.7. The molecule has 38 heavy (non-hydrogen) atoms. The molecule has 0 unspecified atom stereocenters. The molecule has 6 rings (SSSR count). The molecular formula is C35H29N3. The smallest absolute Gasteiger partial charge is 0.138 e. The Bertz CT molecular complexity index is 1970. The number of pyridine rings is 1. The van der Waals surface area contributed by atoms with Crippen LogP contribution in [0.3, 0.4) is 0 Å². The molecule has 3 heterocycles. The Balaban J connectivity index is 1.71. The molecule has 0 N–H and O–H groups in total. The van der Waals surface area contributed by atoms with Gasteiger partial charge in [0.05, 0.1) is 22.2 Å². The zero-order valence-corrected chi connectivity index (χ0v) is 21.7. The fourth-order valence-electron chi connectivity index (χ4n) is 5.40. The lowest BCUT2D eigenvalue weighted by molar-refractivity contribution is 1.05. The van der Waals surface area contributed by atoms with Crippen LogP contribution in [0.1, 0.15) is 25.1 Å². The van der Waals surface area contributed by atoms with Crippen molar-refractivity contribution < 1.29 is 0 Å².